The Morgan fingerprint density at radius 2 is 2.06 bits per heavy atom. The van der Waals surface area contributed by atoms with Gasteiger partial charge in [0, 0.05) is 13.6 Å². The Hall–Kier alpha value is -1.94. The average Bonchev–Trinajstić information content (AvgIpc) is 2.64. The van der Waals surface area contributed by atoms with Gasteiger partial charge in [-0.15, -0.1) is 0 Å². The fraction of sp³-hybridized carbons (Fsp3) is 0.286. The van der Waals surface area contributed by atoms with Gasteiger partial charge in [-0.3, -0.25) is 14.5 Å². The van der Waals surface area contributed by atoms with Crippen molar-refractivity contribution in [1.29, 1.82) is 0 Å². The molecule has 1 atom stereocenters. The molecular weight excluding hydrogens is 228 g/mol. The molecule has 1 aliphatic rings. The standard InChI is InChI=1S/C14H16N2O2/c1-16-13(17)10-12(14(16)18)15-9-5-8-11-6-3-2-4-7-11/h2-8,12,15H,9-10H2,1H3. The molecule has 1 aromatic rings. The van der Waals surface area contributed by atoms with Gasteiger partial charge in [0.1, 0.15) is 0 Å². The molecule has 2 rings (SSSR count). The second-order valence-electron chi connectivity index (χ2n) is 4.27. The molecule has 1 aromatic carbocycles. The maximum atomic E-state index is 11.6. The number of nitrogens with one attached hydrogen (secondary N) is 1. The van der Waals surface area contributed by atoms with Crippen LogP contribution in [0.4, 0.5) is 0 Å². The molecule has 0 aliphatic carbocycles. The van der Waals surface area contributed by atoms with E-state index in [0.717, 1.165) is 5.56 Å². The number of hydrogen-bond acceptors (Lipinski definition) is 3. The van der Waals surface area contributed by atoms with Crippen molar-refractivity contribution in [3.8, 4) is 0 Å². The molecule has 1 heterocycles. The predicted molar refractivity (Wildman–Crippen MR) is 69.7 cm³/mol. The smallest absolute Gasteiger partial charge is 0.246 e. The van der Waals surface area contributed by atoms with E-state index < -0.39 is 0 Å². The fourth-order valence-corrected chi connectivity index (χ4v) is 1.88. The van der Waals surface area contributed by atoms with Crippen molar-refractivity contribution in [1.82, 2.24) is 10.2 Å². The van der Waals surface area contributed by atoms with Crippen molar-refractivity contribution < 1.29 is 9.59 Å². The summed E-state index contributed by atoms with van der Waals surface area (Å²) in [5.41, 5.74) is 1.12. The summed E-state index contributed by atoms with van der Waals surface area (Å²) in [7, 11) is 1.52. The average molecular weight is 244 g/mol. The Morgan fingerprint density at radius 1 is 1.33 bits per heavy atom. The SMILES string of the molecule is CN1C(=O)CC(NCC=Cc2ccccc2)C1=O. The highest BCUT2D eigenvalue weighted by molar-refractivity contribution is 6.05. The number of nitrogens with zero attached hydrogens (tertiary/aromatic N) is 1. The third-order valence-electron chi connectivity index (χ3n) is 2.97. The first kappa shape index (κ1) is 12.5. The molecule has 2 amide bonds. The van der Waals surface area contributed by atoms with Crippen molar-refractivity contribution in [3.63, 3.8) is 0 Å². The van der Waals surface area contributed by atoms with Gasteiger partial charge in [0.2, 0.25) is 11.8 Å². The van der Waals surface area contributed by atoms with Gasteiger partial charge in [0.05, 0.1) is 12.5 Å². The predicted octanol–water partition coefficient (Wildman–Crippen LogP) is 1.05. The van der Waals surface area contributed by atoms with Gasteiger partial charge in [-0.1, -0.05) is 42.5 Å². The molecule has 94 valence electrons. The molecule has 4 heteroatoms. The molecule has 1 fully saturated rings. The Kier molecular flexibility index (Phi) is 3.89. The van der Waals surface area contributed by atoms with E-state index in [2.05, 4.69) is 5.32 Å². The zero-order valence-electron chi connectivity index (χ0n) is 10.3. The number of likely N-dealkylation sites (tertiary alicyclic amines) is 1. The van der Waals surface area contributed by atoms with Gasteiger partial charge in [-0.05, 0) is 5.56 Å². The van der Waals surface area contributed by atoms with Crippen LogP contribution in [0.1, 0.15) is 12.0 Å². The molecule has 18 heavy (non-hydrogen) atoms. The van der Waals surface area contributed by atoms with E-state index in [4.69, 9.17) is 0 Å². The minimum Gasteiger partial charge on any atom is -0.302 e. The summed E-state index contributed by atoms with van der Waals surface area (Å²) >= 11 is 0. The number of hydrogen-bond donors (Lipinski definition) is 1. The van der Waals surface area contributed by atoms with Gasteiger partial charge in [-0.2, -0.15) is 0 Å². The van der Waals surface area contributed by atoms with Crippen molar-refractivity contribution in [3.05, 3.63) is 42.0 Å². The van der Waals surface area contributed by atoms with Crippen LogP contribution in [0.5, 0.6) is 0 Å². The van der Waals surface area contributed by atoms with Crippen molar-refractivity contribution in [2.45, 2.75) is 12.5 Å². The Balaban J connectivity index is 1.81. The molecule has 0 bridgehead atoms. The lowest BCUT2D eigenvalue weighted by molar-refractivity contribution is -0.137. The summed E-state index contributed by atoms with van der Waals surface area (Å²) < 4.78 is 0. The monoisotopic (exact) mass is 244 g/mol. The second kappa shape index (κ2) is 5.60. The van der Waals surface area contributed by atoms with E-state index in [-0.39, 0.29) is 24.3 Å². The summed E-state index contributed by atoms with van der Waals surface area (Å²) in [6, 6.07) is 9.56. The first-order valence-corrected chi connectivity index (χ1v) is 5.94. The second-order valence-corrected chi connectivity index (χ2v) is 4.27. The highest BCUT2D eigenvalue weighted by Gasteiger charge is 2.35. The lowest BCUT2D eigenvalue weighted by Crippen LogP contribution is -2.37. The number of carbonyl (C=O) groups is 2. The number of amides is 2. The largest absolute Gasteiger partial charge is 0.302 e. The number of imide groups is 1. The number of likely N-dealkylation sites (N-methyl/N-ethyl adjacent to an activating group) is 1. The maximum absolute atomic E-state index is 11.6. The van der Waals surface area contributed by atoms with Crippen LogP contribution in [-0.4, -0.2) is 36.3 Å². The van der Waals surface area contributed by atoms with E-state index in [1.54, 1.807) is 0 Å². The molecule has 1 saturated heterocycles. The third kappa shape index (κ3) is 2.84. The summed E-state index contributed by atoms with van der Waals surface area (Å²) in [4.78, 5) is 24.1. The summed E-state index contributed by atoms with van der Waals surface area (Å²) in [6.45, 7) is 0.576. The normalized spacial score (nSPS) is 20.1. The quantitative estimate of drug-likeness (QED) is 0.805. The van der Waals surface area contributed by atoms with Gasteiger partial charge in [0.25, 0.3) is 0 Å². The molecule has 1 unspecified atom stereocenters. The topological polar surface area (TPSA) is 49.4 Å². The van der Waals surface area contributed by atoms with E-state index >= 15 is 0 Å². The Morgan fingerprint density at radius 3 is 2.67 bits per heavy atom. The highest BCUT2D eigenvalue weighted by atomic mass is 16.2. The molecule has 4 nitrogen and oxygen atoms in total. The molecule has 1 aliphatic heterocycles. The van der Waals surface area contributed by atoms with Gasteiger partial charge >= 0.3 is 0 Å². The Bertz CT molecular complexity index is 468. The lowest BCUT2D eigenvalue weighted by Gasteiger charge is -2.08. The fourth-order valence-electron chi connectivity index (χ4n) is 1.88. The zero-order valence-corrected chi connectivity index (χ0v) is 10.3. The van der Waals surface area contributed by atoms with Gasteiger partial charge in [0.15, 0.2) is 0 Å². The van der Waals surface area contributed by atoms with Crippen LogP contribution in [0.2, 0.25) is 0 Å². The summed E-state index contributed by atoms with van der Waals surface area (Å²) in [5, 5.41) is 3.06. The van der Waals surface area contributed by atoms with Gasteiger partial charge in [-0.25, -0.2) is 0 Å². The number of benzene rings is 1. The third-order valence-corrected chi connectivity index (χ3v) is 2.97. The van der Waals surface area contributed by atoms with E-state index in [1.165, 1.54) is 11.9 Å². The Labute approximate surface area is 106 Å². The zero-order chi connectivity index (χ0) is 13.0. The molecular formula is C14H16N2O2. The number of rotatable bonds is 4. The first-order chi connectivity index (χ1) is 8.68. The van der Waals surface area contributed by atoms with Crippen LogP contribution < -0.4 is 5.32 Å². The number of carbonyl (C=O) groups excluding carboxylic acids is 2. The van der Waals surface area contributed by atoms with E-state index in [1.807, 2.05) is 42.5 Å². The highest BCUT2D eigenvalue weighted by Crippen LogP contribution is 2.10. The molecule has 1 N–H and O–H groups in total. The van der Waals surface area contributed by atoms with Crippen LogP contribution in [0, 0.1) is 0 Å². The van der Waals surface area contributed by atoms with Crippen LogP contribution >= 0.6 is 0 Å². The van der Waals surface area contributed by atoms with Crippen molar-refractivity contribution in [2.24, 2.45) is 0 Å². The molecule has 0 radical (unpaired) electrons. The van der Waals surface area contributed by atoms with E-state index in [0.29, 0.717) is 6.54 Å². The van der Waals surface area contributed by atoms with Crippen molar-refractivity contribution >= 4 is 17.9 Å². The first-order valence-electron chi connectivity index (χ1n) is 5.94. The summed E-state index contributed by atoms with van der Waals surface area (Å²) in [5.74, 6) is -0.266. The maximum Gasteiger partial charge on any atom is 0.246 e. The van der Waals surface area contributed by atoms with Gasteiger partial charge < -0.3 is 5.32 Å². The van der Waals surface area contributed by atoms with Crippen molar-refractivity contribution in [2.75, 3.05) is 13.6 Å². The molecule has 0 spiro atoms. The minimum absolute atomic E-state index is 0.121. The van der Waals surface area contributed by atoms with Crippen LogP contribution in [-0.2, 0) is 9.59 Å². The van der Waals surface area contributed by atoms with Crippen LogP contribution in [0.3, 0.4) is 0 Å². The molecule has 0 saturated carbocycles. The van der Waals surface area contributed by atoms with Crippen LogP contribution in [0.15, 0.2) is 36.4 Å². The summed E-state index contributed by atoms with van der Waals surface area (Å²) in [6.07, 6.45) is 4.19. The van der Waals surface area contributed by atoms with Crippen LogP contribution in [0.25, 0.3) is 6.08 Å². The van der Waals surface area contributed by atoms with E-state index in [9.17, 15) is 9.59 Å². The molecule has 0 aromatic heterocycles. The minimum atomic E-state index is -0.372. The lowest BCUT2D eigenvalue weighted by atomic mass is 10.2.